The van der Waals surface area contributed by atoms with E-state index in [1.54, 1.807) is 12.3 Å². The molecule has 1 aliphatic rings. The Morgan fingerprint density at radius 2 is 2.57 bits per heavy atom. The average Bonchev–Trinajstić information content (AvgIpc) is 2.67. The van der Waals surface area contributed by atoms with Gasteiger partial charge in [-0.1, -0.05) is 0 Å². The number of nitrogens with zero attached hydrogens (tertiary/aromatic N) is 2. The lowest BCUT2D eigenvalue weighted by Gasteiger charge is -2.08. The lowest BCUT2D eigenvalue weighted by molar-refractivity contribution is 0.163. The van der Waals surface area contributed by atoms with Gasteiger partial charge in [-0.3, -0.25) is 0 Å². The van der Waals surface area contributed by atoms with Crippen LogP contribution in [-0.2, 0) is 4.74 Å². The zero-order chi connectivity index (χ0) is 9.80. The standard InChI is InChI=1S/C9H13N3O2/c10-8-1-3-11-9(12-8)14-6-7-2-4-13-5-7/h1,3,7H,2,4-6H2,(H2,10,11,12). The Labute approximate surface area is 82.3 Å². The minimum atomic E-state index is 0.344. The van der Waals surface area contributed by atoms with E-state index in [2.05, 4.69) is 9.97 Å². The van der Waals surface area contributed by atoms with E-state index < -0.39 is 0 Å². The van der Waals surface area contributed by atoms with Crippen LogP contribution < -0.4 is 10.5 Å². The van der Waals surface area contributed by atoms with E-state index in [9.17, 15) is 0 Å². The Bertz CT molecular complexity index is 300. The highest BCUT2D eigenvalue weighted by Gasteiger charge is 2.16. The first-order valence-corrected chi connectivity index (χ1v) is 4.63. The topological polar surface area (TPSA) is 70.3 Å². The first-order valence-electron chi connectivity index (χ1n) is 4.63. The molecule has 0 bridgehead atoms. The van der Waals surface area contributed by atoms with E-state index in [0.717, 1.165) is 19.6 Å². The maximum absolute atomic E-state index is 5.49. The van der Waals surface area contributed by atoms with Gasteiger partial charge >= 0.3 is 6.01 Å². The molecule has 1 saturated heterocycles. The molecule has 14 heavy (non-hydrogen) atoms. The number of ether oxygens (including phenoxy) is 2. The molecule has 2 heterocycles. The summed E-state index contributed by atoms with van der Waals surface area (Å²) >= 11 is 0. The fourth-order valence-corrected chi connectivity index (χ4v) is 1.33. The Morgan fingerprint density at radius 1 is 1.64 bits per heavy atom. The molecule has 0 aromatic carbocycles. The minimum Gasteiger partial charge on any atom is -0.463 e. The molecule has 0 radical (unpaired) electrons. The molecule has 1 aliphatic heterocycles. The SMILES string of the molecule is Nc1ccnc(OCC2CCOC2)n1. The molecule has 1 unspecified atom stereocenters. The van der Waals surface area contributed by atoms with Crippen molar-refractivity contribution in [3.63, 3.8) is 0 Å². The molecule has 5 nitrogen and oxygen atoms in total. The number of hydrogen-bond acceptors (Lipinski definition) is 5. The quantitative estimate of drug-likeness (QED) is 0.759. The summed E-state index contributed by atoms with van der Waals surface area (Å²) in [6.45, 7) is 2.19. The highest BCUT2D eigenvalue weighted by Crippen LogP contribution is 2.13. The first kappa shape index (κ1) is 9.21. The van der Waals surface area contributed by atoms with Crippen LogP contribution in [0.3, 0.4) is 0 Å². The van der Waals surface area contributed by atoms with E-state index in [4.69, 9.17) is 15.2 Å². The largest absolute Gasteiger partial charge is 0.463 e. The summed E-state index contributed by atoms with van der Waals surface area (Å²) in [5.74, 6) is 0.887. The molecule has 0 amide bonds. The van der Waals surface area contributed by atoms with Crippen LogP contribution in [0.4, 0.5) is 5.82 Å². The second-order valence-electron chi connectivity index (χ2n) is 3.30. The van der Waals surface area contributed by atoms with Crippen molar-refractivity contribution >= 4 is 5.82 Å². The van der Waals surface area contributed by atoms with Crippen molar-refractivity contribution in [1.82, 2.24) is 9.97 Å². The molecule has 1 atom stereocenters. The predicted molar refractivity (Wildman–Crippen MR) is 50.9 cm³/mol. The fraction of sp³-hybridized carbons (Fsp3) is 0.556. The average molecular weight is 195 g/mol. The van der Waals surface area contributed by atoms with Gasteiger partial charge in [0.15, 0.2) is 0 Å². The molecule has 0 spiro atoms. The van der Waals surface area contributed by atoms with Gasteiger partial charge in [-0.25, -0.2) is 4.98 Å². The van der Waals surface area contributed by atoms with Crippen molar-refractivity contribution in [2.45, 2.75) is 6.42 Å². The molecule has 76 valence electrons. The van der Waals surface area contributed by atoms with Crippen LogP contribution in [-0.4, -0.2) is 29.8 Å². The predicted octanol–water partition coefficient (Wildman–Crippen LogP) is 0.474. The van der Waals surface area contributed by atoms with Crippen LogP contribution in [0.15, 0.2) is 12.3 Å². The summed E-state index contributed by atoms with van der Waals surface area (Å²) in [6, 6.07) is 1.97. The van der Waals surface area contributed by atoms with Crippen molar-refractivity contribution in [2.75, 3.05) is 25.6 Å². The summed E-state index contributed by atoms with van der Waals surface area (Å²) in [6.07, 6.45) is 2.63. The van der Waals surface area contributed by atoms with E-state index in [0.29, 0.717) is 24.4 Å². The smallest absolute Gasteiger partial charge is 0.318 e. The van der Waals surface area contributed by atoms with Crippen molar-refractivity contribution in [3.05, 3.63) is 12.3 Å². The highest BCUT2D eigenvalue weighted by molar-refractivity contribution is 5.26. The van der Waals surface area contributed by atoms with Gasteiger partial charge in [0.05, 0.1) is 13.2 Å². The monoisotopic (exact) mass is 195 g/mol. The van der Waals surface area contributed by atoms with Crippen molar-refractivity contribution < 1.29 is 9.47 Å². The molecule has 1 aromatic heterocycles. The minimum absolute atomic E-state index is 0.344. The number of rotatable bonds is 3. The molecule has 1 fully saturated rings. The zero-order valence-electron chi connectivity index (χ0n) is 7.85. The second-order valence-corrected chi connectivity index (χ2v) is 3.30. The number of hydrogen-bond donors (Lipinski definition) is 1. The third-order valence-corrected chi connectivity index (χ3v) is 2.13. The molecule has 1 aromatic rings. The van der Waals surface area contributed by atoms with Crippen molar-refractivity contribution in [2.24, 2.45) is 5.92 Å². The Balaban J connectivity index is 1.85. The van der Waals surface area contributed by atoms with Crippen LogP contribution in [0, 0.1) is 5.92 Å². The lowest BCUT2D eigenvalue weighted by atomic mass is 10.1. The number of nitrogens with two attached hydrogens (primary N) is 1. The highest BCUT2D eigenvalue weighted by atomic mass is 16.5. The summed E-state index contributed by atoms with van der Waals surface area (Å²) in [5.41, 5.74) is 5.49. The van der Waals surface area contributed by atoms with Gasteiger partial charge in [-0.2, -0.15) is 4.98 Å². The van der Waals surface area contributed by atoms with Crippen LogP contribution in [0.5, 0.6) is 6.01 Å². The third-order valence-electron chi connectivity index (χ3n) is 2.13. The van der Waals surface area contributed by atoms with Crippen LogP contribution in [0.1, 0.15) is 6.42 Å². The number of aromatic nitrogens is 2. The molecule has 0 saturated carbocycles. The molecule has 2 N–H and O–H groups in total. The Hall–Kier alpha value is -1.36. The zero-order valence-corrected chi connectivity index (χ0v) is 7.85. The van der Waals surface area contributed by atoms with E-state index in [1.807, 2.05) is 0 Å². The van der Waals surface area contributed by atoms with Crippen LogP contribution in [0.25, 0.3) is 0 Å². The second kappa shape index (κ2) is 4.23. The lowest BCUT2D eigenvalue weighted by Crippen LogP contribution is -2.13. The number of anilines is 1. The van der Waals surface area contributed by atoms with Crippen molar-refractivity contribution in [3.8, 4) is 6.01 Å². The van der Waals surface area contributed by atoms with Gasteiger partial charge < -0.3 is 15.2 Å². The van der Waals surface area contributed by atoms with Crippen molar-refractivity contribution in [1.29, 1.82) is 0 Å². The molecule has 0 aliphatic carbocycles. The normalized spacial score (nSPS) is 21.0. The maximum Gasteiger partial charge on any atom is 0.318 e. The summed E-state index contributed by atoms with van der Waals surface area (Å²) in [4.78, 5) is 7.88. The van der Waals surface area contributed by atoms with E-state index in [-0.39, 0.29) is 0 Å². The van der Waals surface area contributed by atoms with Gasteiger partial charge in [0, 0.05) is 18.7 Å². The molecular weight excluding hydrogens is 182 g/mol. The van der Waals surface area contributed by atoms with Gasteiger partial charge in [0.25, 0.3) is 0 Å². The van der Waals surface area contributed by atoms with Crippen LogP contribution in [0.2, 0.25) is 0 Å². The van der Waals surface area contributed by atoms with Crippen LogP contribution >= 0.6 is 0 Å². The summed E-state index contributed by atoms with van der Waals surface area (Å²) < 4.78 is 10.6. The van der Waals surface area contributed by atoms with E-state index in [1.165, 1.54) is 0 Å². The molecular formula is C9H13N3O2. The van der Waals surface area contributed by atoms with Gasteiger partial charge in [0.1, 0.15) is 5.82 Å². The maximum atomic E-state index is 5.49. The van der Waals surface area contributed by atoms with E-state index >= 15 is 0 Å². The molecule has 5 heteroatoms. The first-order chi connectivity index (χ1) is 6.84. The summed E-state index contributed by atoms with van der Waals surface area (Å²) in [7, 11) is 0. The van der Waals surface area contributed by atoms with Gasteiger partial charge in [-0.05, 0) is 12.5 Å². The third kappa shape index (κ3) is 2.32. The number of nitrogen functional groups attached to an aromatic ring is 1. The fourth-order valence-electron chi connectivity index (χ4n) is 1.33. The summed E-state index contributed by atoms with van der Waals surface area (Å²) in [5, 5.41) is 0. The van der Waals surface area contributed by atoms with Gasteiger partial charge in [0.2, 0.25) is 0 Å². The molecule has 2 rings (SSSR count). The van der Waals surface area contributed by atoms with Gasteiger partial charge in [-0.15, -0.1) is 0 Å². The Morgan fingerprint density at radius 3 is 3.29 bits per heavy atom. The Kier molecular flexibility index (Phi) is 2.78.